The Morgan fingerprint density at radius 2 is 1.55 bits per heavy atom. The predicted molar refractivity (Wildman–Crippen MR) is 82.7 cm³/mol. The van der Waals surface area contributed by atoms with Crippen LogP contribution in [0.5, 0.6) is 0 Å². The molecule has 0 fully saturated rings. The number of benzene rings is 2. The highest BCUT2D eigenvalue weighted by molar-refractivity contribution is 5.93. The molecule has 4 aromatic rings. The van der Waals surface area contributed by atoms with Crippen LogP contribution in [0.15, 0.2) is 66.0 Å². The van der Waals surface area contributed by atoms with Crippen molar-refractivity contribution in [3.8, 4) is 16.9 Å². The fraction of sp³-hybridized carbons (Fsp3) is 0. The van der Waals surface area contributed by atoms with Gasteiger partial charge in [0.15, 0.2) is 0 Å². The molecule has 0 amide bonds. The molecule has 0 aliphatic rings. The van der Waals surface area contributed by atoms with Crippen LogP contribution >= 0.6 is 0 Å². The van der Waals surface area contributed by atoms with Crippen LogP contribution in [0.3, 0.4) is 0 Å². The Hall–Kier alpha value is -3.28. The first-order valence-electron chi connectivity index (χ1n) is 6.76. The van der Waals surface area contributed by atoms with Crippen molar-refractivity contribution in [3.63, 3.8) is 0 Å². The number of fused-ring (bicyclic) bond motifs is 1. The molecule has 1 N–H and O–H groups in total. The minimum Gasteiger partial charge on any atom is -0.288 e. The summed E-state index contributed by atoms with van der Waals surface area (Å²) in [6.07, 6.45) is 3.28. The summed E-state index contributed by atoms with van der Waals surface area (Å²) in [6.45, 7) is 0. The minimum atomic E-state index is -0.180. The number of aromatic amines is 1. The normalized spacial score (nSPS) is 10.9. The number of aromatic nitrogens is 5. The predicted octanol–water partition coefficient (Wildman–Crippen LogP) is 2.17. The van der Waals surface area contributed by atoms with Crippen LogP contribution in [0.1, 0.15) is 0 Å². The molecule has 2 heterocycles. The van der Waals surface area contributed by atoms with Gasteiger partial charge >= 0.3 is 0 Å². The van der Waals surface area contributed by atoms with E-state index in [0.717, 1.165) is 22.3 Å². The first kappa shape index (κ1) is 12.5. The van der Waals surface area contributed by atoms with Gasteiger partial charge < -0.3 is 0 Å². The Morgan fingerprint density at radius 1 is 0.864 bits per heavy atom. The van der Waals surface area contributed by atoms with Crippen LogP contribution in [0.2, 0.25) is 0 Å². The molecule has 22 heavy (non-hydrogen) atoms. The van der Waals surface area contributed by atoms with Crippen LogP contribution in [-0.2, 0) is 0 Å². The van der Waals surface area contributed by atoms with Crippen molar-refractivity contribution in [3.05, 3.63) is 71.5 Å². The molecule has 0 saturated heterocycles. The number of hydrogen-bond acceptors (Lipinski definition) is 4. The number of rotatable bonds is 2. The molecule has 0 aliphatic heterocycles. The maximum Gasteiger partial charge on any atom is 0.272 e. The third kappa shape index (κ3) is 1.98. The first-order chi connectivity index (χ1) is 10.8. The molecule has 0 atom stereocenters. The van der Waals surface area contributed by atoms with Gasteiger partial charge in [-0.1, -0.05) is 30.3 Å². The molecule has 0 radical (unpaired) electrons. The quantitative estimate of drug-likeness (QED) is 0.613. The number of H-pyrrole nitrogens is 1. The lowest BCUT2D eigenvalue weighted by Gasteiger charge is -2.06. The molecule has 0 saturated carbocycles. The highest BCUT2D eigenvalue weighted by atomic mass is 16.1. The standard InChI is InChI=1S/C16H11N5O/c22-16-14-4-2-1-3-13(14)15(19-20-16)11-5-7-12(8-6-11)21-9-17-18-10-21/h1-10H,(H,20,22). The molecule has 6 heteroatoms. The van der Waals surface area contributed by atoms with Gasteiger partial charge in [-0.3, -0.25) is 9.36 Å². The van der Waals surface area contributed by atoms with Crippen molar-refractivity contribution in [1.82, 2.24) is 25.0 Å². The van der Waals surface area contributed by atoms with E-state index in [2.05, 4.69) is 20.4 Å². The van der Waals surface area contributed by atoms with Crippen LogP contribution < -0.4 is 5.56 Å². The Labute approximate surface area is 125 Å². The monoisotopic (exact) mass is 289 g/mol. The van der Waals surface area contributed by atoms with Crippen LogP contribution in [0.4, 0.5) is 0 Å². The minimum absolute atomic E-state index is 0.180. The zero-order chi connectivity index (χ0) is 14.9. The molecule has 0 bridgehead atoms. The lowest BCUT2D eigenvalue weighted by molar-refractivity contribution is 1.02. The van der Waals surface area contributed by atoms with Crippen molar-refractivity contribution in [1.29, 1.82) is 0 Å². The van der Waals surface area contributed by atoms with Crippen molar-refractivity contribution in [2.45, 2.75) is 0 Å². The second-order valence-electron chi connectivity index (χ2n) is 4.86. The summed E-state index contributed by atoms with van der Waals surface area (Å²) < 4.78 is 1.82. The number of hydrogen-bond donors (Lipinski definition) is 1. The molecule has 4 rings (SSSR count). The smallest absolute Gasteiger partial charge is 0.272 e. The van der Waals surface area contributed by atoms with Gasteiger partial charge in [-0.2, -0.15) is 5.10 Å². The summed E-state index contributed by atoms with van der Waals surface area (Å²) in [5.41, 5.74) is 2.47. The molecule has 0 aliphatic carbocycles. The second kappa shape index (κ2) is 4.92. The van der Waals surface area contributed by atoms with Crippen molar-refractivity contribution in [2.75, 3.05) is 0 Å². The van der Waals surface area contributed by atoms with Crippen molar-refractivity contribution in [2.24, 2.45) is 0 Å². The maximum absolute atomic E-state index is 11.8. The first-order valence-corrected chi connectivity index (χ1v) is 6.76. The molecule has 0 spiro atoms. The van der Waals surface area contributed by atoms with E-state index in [1.807, 2.05) is 47.0 Å². The van der Waals surface area contributed by atoms with Crippen molar-refractivity contribution < 1.29 is 0 Å². The van der Waals surface area contributed by atoms with E-state index in [9.17, 15) is 4.79 Å². The SMILES string of the molecule is O=c1[nH]nc(-c2ccc(-n3cnnc3)cc2)c2ccccc12. The zero-order valence-electron chi connectivity index (χ0n) is 11.5. The van der Waals surface area contributed by atoms with Gasteiger partial charge in [0.1, 0.15) is 12.7 Å². The van der Waals surface area contributed by atoms with E-state index in [-0.39, 0.29) is 5.56 Å². The summed E-state index contributed by atoms with van der Waals surface area (Å²) in [5, 5.41) is 15.8. The number of nitrogens with zero attached hydrogens (tertiary/aromatic N) is 4. The fourth-order valence-corrected chi connectivity index (χ4v) is 2.46. The Balaban J connectivity index is 1.86. The van der Waals surface area contributed by atoms with Gasteiger partial charge in [0.25, 0.3) is 5.56 Å². The largest absolute Gasteiger partial charge is 0.288 e. The van der Waals surface area contributed by atoms with Gasteiger partial charge in [0.05, 0.1) is 11.1 Å². The van der Waals surface area contributed by atoms with Gasteiger partial charge in [-0.15, -0.1) is 10.2 Å². The zero-order valence-corrected chi connectivity index (χ0v) is 11.5. The molecular formula is C16H11N5O. The third-order valence-corrected chi connectivity index (χ3v) is 3.55. The van der Waals surface area contributed by atoms with E-state index in [1.165, 1.54) is 0 Å². The number of nitrogens with one attached hydrogen (secondary N) is 1. The molecule has 106 valence electrons. The average molecular weight is 289 g/mol. The van der Waals surface area contributed by atoms with Gasteiger partial charge in [-0.05, 0) is 18.2 Å². The van der Waals surface area contributed by atoms with E-state index in [0.29, 0.717) is 5.39 Å². The second-order valence-corrected chi connectivity index (χ2v) is 4.86. The molecule has 6 nitrogen and oxygen atoms in total. The van der Waals surface area contributed by atoms with Crippen molar-refractivity contribution >= 4 is 10.8 Å². The summed E-state index contributed by atoms with van der Waals surface area (Å²) in [6, 6.07) is 15.3. The molecular weight excluding hydrogens is 278 g/mol. The van der Waals surface area contributed by atoms with Crippen LogP contribution in [0.25, 0.3) is 27.7 Å². The van der Waals surface area contributed by atoms with Gasteiger partial charge in [-0.25, -0.2) is 5.10 Å². The van der Waals surface area contributed by atoms with E-state index >= 15 is 0 Å². The molecule has 2 aromatic heterocycles. The Bertz CT molecular complexity index is 987. The van der Waals surface area contributed by atoms with E-state index in [1.54, 1.807) is 18.7 Å². The topological polar surface area (TPSA) is 76.5 Å². The lowest BCUT2D eigenvalue weighted by Crippen LogP contribution is -2.09. The maximum atomic E-state index is 11.8. The van der Waals surface area contributed by atoms with E-state index < -0.39 is 0 Å². The summed E-state index contributed by atoms with van der Waals surface area (Å²) in [4.78, 5) is 11.8. The molecule has 0 unspecified atom stereocenters. The van der Waals surface area contributed by atoms with E-state index in [4.69, 9.17) is 0 Å². The highest BCUT2D eigenvalue weighted by Crippen LogP contribution is 2.24. The fourth-order valence-electron chi connectivity index (χ4n) is 2.46. The summed E-state index contributed by atoms with van der Waals surface area (Å²) in [5.74, 6) is 0. The molecule has 2 aromatic carbocycles. The Kier molecular flexibility index (Phi) is 2.79. The van der Waals surface area contributed by atoms with Gasteiger partial charge in [0, 0.05) is 16.6 Å². The highest BCUT2D eigenvalue weighted by Gasteiger charge is 2.08. The van der Waals surface area contributed by atoms with Gasteiger partial charge in [0.2, 0.25) is 0 Å². The van der Waals surface area contributed by atoms with Crippen LogP contribution in [-0.4, -0.2) is 25.0 Å². The summed E-state index contributed by atoms with van der Waals surface area (Å²) >= 11 is 0. The Morgan fingerprint density at radius 3 is 2.27 bits per heavy atom. The summed E-state index contributed by atoms with van der Waals surface area (Å²) in [7, 11) is 0. The third-order valence-electron chi connectivity index (χ3n) is 3.55. The average Bonchev–Trinajstić information content (AvgIpc) is 3.10. The van der Waals surface area contributed by atoms with Crippen LogP contribution in [0, 0.1) is 0 Å². The lowest BCUT2D eigenvalue weighted by atomic mass is 10.0.